The molecule has 0 aliphatic carbocycles. The van der Waals surface area contributed by atoms with E-state index in [1.165, 1.54) is 16.6 Å². The lowest BCUT2D eigenvalue weighted by Crippen LogP contribution is -2.45. The molecular weight excluding hydrogens is 388 g/mol. The number of fused-ring (bicyclic) bond motifs is 1. The van der Waals surface area contributed by atoms with Crippen LogP contribution in [0.3, 0.4) is 0 Å². The molecule has 9 heteroatoms. The minimum atomic E-state index is -0.709. The molecule has 0 atom stereocenters. The highest BCUT2D eigenvalue weighted by Gasteiger charge is 2.24. The standard InChI is InChI=1S/C21H24N4O5/c1-13-8-17(29-3)18(30-4)9-14(13)11-23(2)19(26)12-25-20(27)15(10-22)16-6-5-7-24(16)21(25)28/h8-9H,5-7,11-12H2,1-4H3. The first kappa shape index (κ1) is 21.2. The van der Waals surface area contributed by atoms with Gasteiger partial charge in [0.25, 0.3) is 5.56 Å². The van der Waals surface area contributed by atoms with E-state index in [0.29, 0.717) is 36.6 Å². The number of nitrogens with zero attached hydrogens (tertiary/aromatic N) is 4. The smallest absolute Gasteiger partial charge is 0.331 e. The van der Waals surface area contributed by atoms with Crippen LogP contribution in [0.1, 0.15) is 28.8 Å². The Bertz CT molecular complexity index is 1160. The number of amides is 1. The van der Waals surface area contributed by atoms with Gasteiger partial charge in [-0.3, -0.25) is 14.2 Å². The number of nitriles is 1. The third kappa shape index (κ3) is 3.68. The number of aromatic nitrogens is 2. The summed E-state index contributed by atoms with van der Waals surface area (Å²) in [6.45, 7) is 2.18. The molecule has 0 spiro atoms. The van der Waals surface area contributed by atoms with Crippen molar-refractivity contribution in [2.24, 2.45) is 0 Å². The lowest BCUT2D eigenvalue weighted by Gasteiger charge is -2.20. The topological polar surface area (TPSA) is 107 Å². The maximum absolute atomic E-state index is 12.8. The summed E-state index contributed by atoms with van der Waals surface area (Å²) in [5, 5.41) is 9.36. The Morgan fingerprint density at radius 1 is 1.23 bits per heavy atom. The van der Waals surface area contributed by atoms with Gasteiger partial charge in [0.1, 0.15) is 18.2 Å². The van der Waals surface area contributed by atoms with Crippen LogP contribution in [0.25, 0.3) is 0 Å². The summed E-state index contributed by atoms with van der Waals surface area (Å²) in [5.41, 5.74) is 0.909. The van der Waals surface area contributed by atoms with E-state index >= 15 is 0 Å². The molecule has 2 aromatic rings. The second kappa shape index (κ2) is 8.45. The van der Waals surface area contributed by atoms with Crippen molar-refractivity contribution >= 4 is 5.91 Å². The molecule has 1 aliphatic heterocycles. The van der Waals surface area contributed by atoms with Crippen molar-refractivity contribution in [2.45, 2.75) is 39.4 Å². The molecule has 1 aromatic carbocycles. The molecule has 158 valence electrons. The SMILES string of the molecule is COc1cc(C)c(CN(C)C(=O)Cn2c(=O)c(C#N)c3n(c2=O)CCC3)cc1OC. The number of hydrogen-bond acceptors (Lipinski definition) is 6. The van der Waals surface area contributed by atoms with Crippen molar-refractivity contribution in [3.63, 3.8) is 0 Å². The van der Waals surface area contributed by atoms with Crippen molar-refractivity contribution in [3.8, 4) is 17.6 Å². The molecule has 1 aromatic heterocycles. The number of methoxy groups -OCH3 is 2. The molecule has 3 rings (SSSR count). The summed E-state index contributed by atoms with van der Waals surface area (Å²) in [5.74, 6) is 0.728. The number of aryl methyl sites for hydroxylation is 1. The predicted octanol–water partition coefficient (Wildman–Crippen LogP) is 0.812. The molecule has 0 saturated carbocycles. The first-order valence-corrected chi connectivity index (χ1v) is 9.54. The normalized spacial score (nSPS) is 12.2. The van der Waals surface area contributed by atoms with Gasteiger partial charge in [-0.15, -0.1) is 0 Å². The average molecular weight is 412 g/mol. The Morgan fingerprint density at radius 3 is 2.53 bits per heavy atom. The maximum atomic E-state index is 12.8. The summed E-state index contributed by atoms with van der Waals surface area (Å²) in [6.07, 6.45) is 1.21. The molecule has 2 heterocycles. The van der Waals surface area contributed by atoms with E-state index in [-0.39, 0.29) is 12.1 Å². The Kier molecular flexibility index (Phi) is 5.96. The van der Waals surface area contributed by atoms with Crippen molar-refractivity contribution < 1.29 is 14.3 Å². The van der Waals surface area contributed by atoms with Gasteiger partial charge in [0.05, 0.1) is 14.2 Å². The zero-order chi connectivity index (χ0) is 22.0. The fourth-order valence-electron chi connectivity index (χ4n) is 3.68. The lowest BCUT2D eigenvalue weighted by atomic mass is 10.1. The molecule has 1 amide bonds. The van der Waals surface area contributed by atoms with Crippen LogP contribution >= 0.6 is 0 Å². The number of benzene rings is 1. The third-order valence-corrected chi connectivity index (χ3v) is 5.41. The van der Waals surface area contributed by atoms with Crippen LogP contribution < -0.4 is 20.7 Å². The molecule has 0 fully saturated rings. The van der Waals surface area contributed by atoms with Crippen LogP contribution in [0.5, 0.6) is 11.5 Å². The van der Waals surface area contributed by atoms with Gasteiger partial charge in [-0.1, -0.05) is 0 Å². The summed E-state index contributed by atoms with van der Waals surface area (Å²) in [6, 6.07) is 5.51. The molecule has 30 heavy (non-hydrogen) atoms. The molecule has 0 saturated heterocycles. The summed E-state index contributed by atoms with van der Waals surface area (Å²) >= 11 is 0. The summed E-state index contributed by atoms with van der Waals surface area (Å²) in [7, 11) is 4.68. The Morgan fingerprint density at radius 2 is 1.90 bits per heavy atom. The van der Waals surface area contributed by atoms with Crippen molar-refractivity contribution in [3.05, 3.63) is 55.4 Å². The minimum Gasteiger partial charge on any atom is -0.493 e. The molecule has 0 unspecified atom stereocenters. The number of ether oxygens (including phenoxy) is 2. The lowest BCUT2D eigenvalue weighted by molar-refractivity contribution is -0.131. The van der Waals surface area contributed by atoms with Crippen molar-refractivity contribution in [1.29, 1.82) is 5.26 Å². The Balaban J connectivity index is 1.87. The predicted molar refractivity (Wildman–Crippen MR) is 109 cm³/mol. The van der Waals surface area contributed by atoms with E-state index in [1.807, 2.05) is 19.1 Å². The highest BCUT2D eigenvalue weighted by atomic mass is 16.5. The number of hydrogen-bond donors (Lipinski definition) is 0. The fraction of sp³-hybridized carbons (Fsp3) is 0.429. The third-order valence-electron chi connectivity index (χ3n) is 5.41. The zero-order valence-electron chi connectivity index (χ0n) is 17.5. The van der Waals surface area contributed by atoms with E-state index in [4.69, 9.17) is 9.47 Å². The maximum Gasteiger partial charge on any atom is 0.331 e. The highest BCUT2D eigenvalue weighted by molar-refractivity contribution is 5.75. The number of carbonyl (C=O) groups is 1. The number of rotatable bonds is 6. The first-order valence-electron chi connectivity index (χ1n) is 9.54. The second-order valence-electron chi connectivity index (χ2n) is 7.25. The second-order valence-corrected chi connectivity index (χ2v) is 7.25. The van der Waals surface area contributed by atoms with Crippen molar-refractivity contribution in [1.82, 2.24) is 14.0 Å². The van der Waals surface area contributed by atoms with Gasteiger partial charge in [-0.25, -0.2) is 9.36 Å². The molecule has 1 aliphatic rings. The number of likely N-dealkylation sites (N-methyl/N-ethyl adjacent to an activating group) is 1. The molecule has 9 nitrogen and oxygen atoms in total. The average Bonchev–Trinajstić information content (AvgIpc) is 3.22. The van der Waals surface area contributed by atoms with Gasteiger partial charge in [0.15, 0.2) is 11.5 Å². The van der Waals surface area contributed by atoms with Crippen LogP contribution in [-0.2, 0) is 30.8 Å². The Labute approximate surface area is 173 Å². The Hall–Kier alpha value is -3.54. The van der Waals surface area contributed by atoms with Gasteiger partial charge in [-0.2, -0.15) is 5.26 Å². The van der Waals surface area contributed by atoms with Gasteiger partial charge in [0, 0.05) is 25.8 Å². The van der Waals surface area contributed by atoms with E-state index in [9.17, 15) is 19.6 Å². The molecule has 0 N–H and O–H groups in total. The molecule has 0 bridgehead atoms. The van der Waals surface area contributed by atoms with Gasteiger partial charge in [0.2, 0.25) is 5.91 Å². The molecular formula is C21H24N4O5. The zero-order valence-corrected chi connectivity index (χ0v) is 17.5. The van der Waals surface area contributed by atoms with E-state index in [1.54, 1.807) is 20.2 Å². The summed E-state index contributed by atoms with van der Waals surface area (Å²) < 4.78 is 12.9. The first-order chi connectivity index (χ1) is 14.3. The summed E-state index contributed by atoms with van der Waals surface area (Å²) in [4.78, 5) is 39.5. The van der Waals surface area contributed by atoms with Crippen molar-refractivity contribution in [2.75, 3.05) is 21.3 Å². The van der Waals surface area contributed by atoms with Crippen LogP contribution in [0.2, 0.25) is 0 Å². The fourth-order valence-corrected chi connectivity index (χ4v) is 3.68. The largest absolute Gasteiger partial charge is 0.493 e. The molecule has 0 radical (unpaired) electrons. The van der Waals surface area contributed by atoms with E-state index < -0.39 is 23.7 Å². The van der Waals surface area contributed by atoms with Gasteiger partial charge >= 0.3 is 5.69 Å². The van der Waals surface area contributed by atoms with Gasteiger partial charge in [-0.05, 0) is 43.0 Å². The van der Waals surface area contributed by atoms with E-state index in [0.717, 1.165) is 15.7 Å². The van der Waals surface area contributed by atoms with Crippen LogP contribution in [0.15, 0.2) is 21.7 Å². The monoisotopic (exact) mass is 412 g/mol. The minimum absolute atomic E-state index is 0.0571. The quantitative estimate of drug-likeness (QED) is 0.695. The van der Waals surface area contributed by atoms with Crippen LogP contribution in [0, 0.1) is 18.3 Å². The highest BCUT2D eigenvalue weighted by Crippen LogP contribution is 2.30. The number of carbonyl (C=O) groups excluding carboxylic acids is 1. The van der Waals surface area contributed by atoms with Crippen LogP contribution in [-0.4, -0.2) is 41.2 Å². The van der Waals surface area contributed by atoms with Crippen LogP contribution in [0.4, 0.5) is 0 Å². The van der Waals surface area contributed by atoms with E-state index in [2.05, 4.69) is 0 Å². The van der Waals surface area contributed by atoms with Gasteiger partial charge < -0.3 is 14.4 Å².